The molecule has 2 N–H and O–H groups in total. The maximum atomic E-state index is 11.6. The summed E-state index contributed by atoms with van der Waals surface area (Å²) < 4.78 is 0. The molecule has 0 atom stereocenters. The number of H-pyrrole nitrogens is 2. The Bertz CT molecular complexity index is 1020. The van der Waals surface area contributed by atoms with Crippen LogP contribution in [0, 0.1) is 20.2 Å². The molecule has 11 heteroatoms. The van der Waals surface area contributed by atoms with Gasteiger partial charge in [0.25, 0.3) is 5.69 Å². The predicted octanol–water partition coefficient (Wildman–Crippen LogP) is 1.90. The molecule has 0 amide bonds. The van der Waals surface area contributed by atoms with Crippen molar-refractivity contribution in [2.45, 2.75) is 13.8 Å². The highest BCUT2D eigenvalue weighted by molar-refractivity contribution is 5.75. The molecule has 142 valence electrons. The molecule has 0 saturated heterocycles. The zero-order valence-corrected chi connectivity index (χ0v) is 14.6. The lowest BCUT2D eigenvalue weighted by Crippen LogP contribution is -2.25. The fourth-order valence-corrected chi connectivity index (χ4v) is 2.60. The lowest BCUT2D eigenvalue weighted by molar-refractivity contribution is -0.386. The van der Waals surface area contributed by atoms with Gasteiger partial charge in [-0.1, -0.05) is 12.1 Å². The molecule has 2 aromatic rings. The minimum atomic E-state index is -1.13. The van der Waals surface area contributed by atoms with Crippen molar-refractivity contribution in [1.82, 2.24) is 9.97 Å². The van der Waals surface area contributed by atoms with Crippen LogP contribution in [-0.4, -0.2) is 32.9 Å². The Kier molecular flexibility index (Phi) is 5.85. The first-order valence-electron chi connectivity index (χ1n) is 8.00. The van der Waals surface area contributed by atoms with E-state index >= 15 is 0 Å². The van der Waals surface area contributed by atoms with E-state index in [0.29, 0.717) is 24.3 Å². The molecule has 0 bridgehead atoms. The molecule has 11 nitrogen and oxygen atoms in total. The summed E-state index contributed by atoms with van der Waals surface area (Å²) in [7, 11) is 0. The Balaban J connectivity index is 2.51. The standard InChI is InChI=1S/C16H17N5O6/c1-3-19(4-2)12-8-6-10(9-13(12)20(24)25)5-7-11-14(21(26)27)15(22)18-16(23)17-11/h5-9H,3-4H2,1-2H3,(H2,17,18,22,23)/b7-5+. The van der Waals surface area contributed by atoms with Gasteiger partial charge in [-0.25, -0.2) is 4.79 Å². The van der Waals surface area contributed by atoms with Crippen molar-refractivity contribution in [3.63, 3.8) is 0 Å². The number of nitrogens with one attached hydrogen (secondary N) is 2. The molecule has 0 aliphatic carbocycles. The van der Waals surface area contributed by atoms with Gasteiger partial charge in [0.1, 0.15) is 11.4 Å². The average Bonchev–Trinajstić information content (AvgIpc) is 2.60. The first-order chi connectivity index (χ1) is 12.8. The second-order valence-electron chi connectivity index (χ2n) is 5.44. The van der Waals surface area contributed by atoms with Crippen molar-refractivity contribution in [3.05, 3.63) is 70.5 Å². The average molecular weight is 375 g/mol. The second kappa shape index (κ2) is 8.08. The van der Waals surface area contributed by atoms with E-state index in [1.807, 2.05) is 18.7 Å². The molecule has 0 fully saturated rings. The van der Waals surface area contributed by atoms with E-state index in [2.05, 4.69) is 4.98 Å². The highest BCUT2D eigenvalue weighted by atomic mass is 16.6. The smallest absolute Gasteiger partial charge is 0.357 e. The minimum absolute atomic E-state index is 0.116. The Morgan fingerprint density at radius 3 is 2.26 bits per heavy atom. The van der Waals surface area contributed by atoms with Gasteiger partial charge in [-0.15, -0.1) is 0 Å². The molecule has 1 aromatic carbocycles. The lowest BCUT2D eigenvalue weighted by Gasteiger charge is -2.20. The highest BCUT2D eigenvalue weighted by Gasteiger charge is 2.20. The normalized spacial score (nSPS) is 10.9. The third-order valence-corrected chi connectivity index (χ3v) is 3.87. The molecule has 27 heavy (non-hydrogen) atoms. The number of nitrogens with zero attached hydrogens (tertiary/aromatic N) is 3. The van der Waals surface area contributed by atoms with Gasteiger partial charge in [0.05, 0.1) is 9.85 Å². The summed E-state index contributed by atoms with van der Waals surface area (Å²) in [5.41, 5.74) is -2.43. The number of aromatic amines is 2. The van der Waals surface area contributed by atoms with Gasteiger partial charge in [-0.3, -0.25) is 30.0 Å². The van der Waals surface area contributed by atoms with Crippen LogP contribution in [0.4, 0.5) is 17.1 Å². The summed E-state index contributed by atoms with van der Waals surface area (Å²) in [6, 6.07) is 4.51. The van der Waals surface area contributed by atoms with E-state index in [1.165, 1.54) is 12.1 Å². The number of benzene rings is 1. The number of anilines is 1. The van der Waals surface area contributed by atoms with E-state index in [9.17, 15) is 29.8 Å². The van der Waals surface area contributed by atoms with Crippen molar-refractivity contribution >= 4 is 29.2 Å². The molecule has 2 rings (SSSR count). The molecular weight excluding hydrogens is 358 g/mol. The zero-order chi connectivity index (χ0) is 20.1. The Morgan fingerprint density at radius 1 is 1.04 bits per heavy atom. The molecule has 1 aromatic heterocycles. The maximum absolute atomic E-state index is 11.6. The molecule has 0 aliphatic rings. The second-order valence-corrected chi connectivity index (χ2v) is 5.44. The van der Waals surface area contributed by atoms with Gasteiger partial charge in [0.15, 0.2) is 0 Å². The number of nitro groups is 2. The van der Waals surface area contributed by atoms with Crippen LogP contribution in [0.5, 0.6) is 0 Å². The molecule has 0 unspecified atom stereocenters. The monoisotopic (exact) mass is 375 g/mol. The summed E-state index contributed by atoms with van der Waals surface area (Å²) >= 11 is 0. The first-order valence-corrected chi connectivity index (χ1v) is 8.00. The minimum Gasteiger partial charge on any atom is -0.367 e. The third-order valence-electron chi connectivity index (χ3n) is 3.87. The first kappa shape index (κ1) is 19.6. The predicted molar refractivity (Wildman–Crippen MR) is 99.9 cm³/mol. The molecule has 0 spiro atoms. The number of aromatic nitrogens is 2. The SMILES string of the molecule is CCN(CC)c1ccc(/C=C/c2[nH]c(=O)[nH]c(=O)c2[N+](=O)[O-])cc1[N+](=O)[O-]. The number of rotatable bonds is 7. The highest BCUT2D eigenvalue weighted by Crippen LogP contribution is 2.29. The molecule has 0 aliphatic heterocycles. The van der Waals surface area contributed by atoms with E-state index in [1.54, 1.807) is 17.1 Å². The number of hydrogen-bond acceptors (Lipinski definition) is 7. The van der Waals surface area contributed by atoms with E-state index in [-0.39, 0.29) is 11.4 Å². The maximum Gasteiger partial charge on any atom is 0.357 e. The van der Waals surface area contributed by atoms with E-state index in [0.717, 1.165) is 6.08 Å². The van der Waals surface area contributed by atoms with Crippen molar-refractivity contribution in [2.75, 3.05) is 18.0 Å². The third kappa shape index (κ3) is 4.26. The fourth-order valence-electron chi connectivity index (χ4n) is 2.60. The molecule has 0 saturated carbocycles. The van der Waals surface area contributed by atoms with Gasteiger partial charge in [0.2, 0.25) is 0 Å². The van der Waals surface area contributed by atoms with Crippen molar-refractivity contribution < 1.29 is 9.85 Å². The van der Waals surface area contributed by atoms with Gasteiger partial charge in [-0.05, 0) is 31.6 Å². The Hall–Kier alpha value is -3.76. The van der Waals surface area contributed by atoms with Crippen LogP contribution in [0.2, 0.25) is 0 Å². The van der Waals surface area contributed by atoms with Crippen LogP contribution in [0.1, 0.15) is 25.1 Å². The van der Waals surface area contributed by atoms with Crippen LogP contribution in [0.15, 0.2) is 27.8 Å². The zero-order valence-electron chi connectivity index (χ0n) is 14.6. The number of hydrogen-bond donors (Lipinski definition) is 2. The van der Waals surface area contributed by atoms with Gasteiger partial charge in [-0.2, -0.15) is 0 Å². The van der Waals surface area contributed by atoms with Crippen molar-refractivity contribution in [2.24, 2.45) is 0 Å². The summed E-state index contributed by atoms with van der Waals surface area (Å²) in [5.74, 6) is 0. The molecular formula is C16H17N5O6. The van der Waals surface area contributed by atoms with Crippen LogP contribution in [-0.2, 0) is 0 Å². The molecule has 1 heterocycles. The van der Waals surface area contributed by atoms with E-state index in [4.69, 9.17) is 0 Å². The van der Waals surface area contributed by atoms with Gasteiger partial charge in [0, 0.05) is 19.2 Å². The van der Waals surface area contributed by atoms with Crippen LogP contribution >= 0.6 is 0 Å². The summed E-state index contributed by atoms with van der Waals surface area (Å²) in [6.45, 7) is 4.94. The van der Waals surface area contributed by atoms with E-state index < -0.39 is 26.8 Å². The summed E-state index contributed by atoms with van der Waals surface area (Å²) in [4.78, 5) is 49.7. The summed E-state index contributed by atoms with van der Waals surface area (Å²) in [5, 5.41) is 22.4. The fraction of sp³-hybridized carbons (Fsp3) is 0.250. The van der Waals surface area contributed by atoms with Crippen molar-refractivity contribution in [3.8, 4) is 0 Å². The summed E-state index contributed by atoms with van der Waals surface area (Å²) in [6.07, 6.45) is 2.50. The molecule has 0 radical (unpaired) electrons. The van der Waals surface area contributed by atoms with Crippen LogP contribution in [0.3, 0.4) is 0 Å². The van der Waals surface area contributed by atoms with Crippen LogP contribution < -0.4 is 16.1 Å². The van der Waals surface area contributed by atoms with Crippen LogP contribution in [0.25, 0.3) is 12.2 Å². The van der Waals surface area contributed by atoms with Gasteiger partial charge < -0.3 is 9.88 Å². The Labute approximate surface area is 152 Å². The Morgan fingerprint density at radius 2 is 1.70 bits per heavy atom. The lowest BCUT2D eigenvalue weighted by atomic mass is 10.1. The van der Waals surface area contributed by atoms with Crippen molar-refractivity contribution in [1.29, 1.82) is 0 Å². The van der Waals surface area contributed by atoms with Gasteiger partial charge >= 0.3 is 16.9 Å². The quantitative estimate of drug-likeness (QED) is 0.553. The topological polar surface area (TPSA) is 155 Å². The largest absolute Gasteiger partial charge is 0.367 e. The number of nitro benzene ring substituents is 1.